The molecule has 0 bridgehead atoms. The Hall–Kier alpha value is -2.58. The van der Waals surface area contributed by atoms with Crippen LogP contribution in [0.1, 0.15) is 35.2 Å². The van der Waals surface area contributed by atoms with Crippen molar-refractivity contribution in [2.75, 3.05) is 0 Å². The summed E-state index contributed by atoms with van der Waals surface area (Å²) in [5.41, 5.74) is 4.98. The molecule has 0 saturated heterocycles. The highest BCUT2D eigenvalue weighted by Crippen LogP contribution is 2.17. The van der Waals surface area contributed by atoms with Gasteiger partial charge in [-0.25, -0.2) is 0 Å². The van der Waals surface area contributed by atoms with Crippen LogP contribution in [0.25, 0.3) is 0 Å². The minimum absolute atomic E-state index is 0.318. The van der Waals surface area contributed by atoms with E-state index in [1.165, 1.54) is 22.3 Å². The van der Waals surface area contributed by atoms with Gasteiger partial charge in [-0.1, -0.05) is 72.3 Å². The molecule has 0 fully saturated rings. The van der Waals surface area contributed by atoms with Crippen LogP contribution in [-0.2, 0) is 13.2 Å². The van der Waals surface area contributed by atoms with E-state index in [9.17, 15) is 0 Å². The van der Waals surface area contributed by atoms with Crippen LogP contribution in [0, 0.1) is 6.92 Å². The van der Waals surface area contributed by atoms with Gasteiger partial charge in [-0.15, -0.1) is 0 Å². The third-order valence-electron chi connectivity index (χ3n) is 4.30. The smallest absolute Gasteiger partial charge is 0.120 e. The monoisotopic (exact) mass is 331 g/mol. The van der Waals surface area contributed by atoms with Crippen LogP contribution >= 0.6 is 0 Å². The zero-order valence-electron chi connectivity index (χ0n) is 14.9. The first kappa shape index (κ1) is 17.2. The Morgan fingerprint density at radius 1 is 0.840 bits per heavy atom. The molecule has 0 saturated carbocycles. The van der Waals surface area contributed by atoms with Gasteiger partial charge in [0.25, 0.3) is 0 Å². The summed E-state index contributed by atoms with van der Waals surface area (Å²) in [6, 6.07) is 27.6. The summed E-state index contributed by atoms with van der Waals surface area (Å²) in [5.74, 6) is 0.910. The van der Waals surface area contributed by atoms with Crippen molar-refractivity contribution in [3.05, 3.63) is 101 Å². The highest BCUT2D eigenvalue weighted by Gasteiger charge is 2.05. The van der Waals surface area contributed by atoms with Crippen LogP contribution < -0.4 is 10.1 Å². The van der Waals surface area contributed by atoms with Gasteiger partial charge in [-0.3, -0.25) is 0 Å². The lowest BCUT2D eigenvalue weighted by Gasteiger charge is -2.15. The fraction of sp³-hybridized carbons (Fsp3) is 0.217. The van der Waals surface area contributed by atoms with Gasteiger partial charge in [-0.05, 0) is 42.7 Å². The average molecular weight is 331 g/mol. The molecule has 1 atom stereocenters. The first-order valence-corrected chi connectivity index (χ1v) is 8.76. The molecule has 0 aliphatic rings. The topological polar surface area (TPSA) is 21.3 Å². The zero-order valence-corrected chi connectivity index (χ0v) is 14.9. The number of nitrogens with one attached hydrogen (secondary N) is 1. The van der Waals surface area contributed by atoms with Crippen LogP contribution in [0.2, 0.25) is 0 Å². The Kier molecular flexibility index (Phi) is 5.86. The zero-order chi connectivity index (χ0) is 17.5. The Labute approximate surface area is 150 Å². The summed E-state index contributed by atoms with van der Waals surface area (Å²) in [7, 11) is 0. The third-order valence-corrected chi connectivity index (χ3v) is 4.30. The second-order valence-corrected chi connectivity index (χ2v) is 6.44. The quantitative estimate of drug-likeness (QED) is 0.624. The molecule has 3 aromatic rings. The van der Waals surface area contributed by atoms with Gasteiger partial charge in [0.05, 0.1) is 0 Å². The van der Waals surface area contributed by atoms with Crippen molar-refractivity contribution in [3.8, 4) is 5.75 Å². The first-order chi connectivity index (χ1) is 12.2. The number of rotatable bonds is 7. The van der Waals surface area contributed by atoms with E-state index in [-0.39, 0.29) is 0 Å². The molecule has 0 radical (unpaired) electrons. The Balaban J connectivity index is 1.56. The van der Waals surface area contributed by atoms with Crippen molar-refractivity contribution in [1.82, 2.24) is 5.32 Å². The van der Waals surface area contributed by atoms with Gasteiger partial charge in [0.1, 0.15) is 12.4 Å². The van der Waals surface area contributed by atoms with Crippen LogP contribution in [0.5, 0.6) is 5.75 Å². The Morgan fingerprint density at radius 3 is 2.40 bits per heavy atom. The van der Waals surface area contributed by atoms with E-state index < -0.39 is 0 Å². The lowest BCUT2D eigenvalue weighted by atomic mass is 10.1. The van der Waals surface area contributed by atoms with Crippen molar-refractivity contribution in [2.45, 2.75) is 33.0 Å². The third kappa shape index (κ3) is 5.20. The van der Waals surface area contributed by atoms with Crippen molar-refractivity contribution in [1.29, 1.82) is 0 Å². The second-order valence-electron chi connectivity index (χ2n) is 6.44. The van der Waals surface area contributed by atoms with Crippen LogP contribution in [0.15, 0.2) is 78.9 Å². The van der Waals surface area contributed by atoms with Gasteiger partial charge < -0.3 is 10.1 Å². The van der Waals surface area contributed by atoms with Gasteiger partial charge >= 0.3 is 0 Å². The fourth-order valence-corrected chi connectivity index (χ4v) is 2.84. The molecular weight excluding hydrogens is 306 g/mol. The molecule has 0 spiro atoms. The van der Waals surface area contributed by atoms with Crippen molar-refractivity contribution >= 4 is 0 Å². The summed E-state index contributed by atoms with van der Waals surface area (Å²) in [4.78, 5) is 0. The van der Waals surface area contributed by atoms with E-state index in [0.717, 1.165) is 12.3 Å². The van der Waals surface area contributed by atoms with E-state index in [1.807, 2.05) is 12.1 Å². The molecular formula is C23H25NO. The van der Waals surface area contributed by atoms with Crippen molar-refractivity contribution in [2.24, 2.45) is 0 Å². The van der Waals surface area contributed by atoms with E-state index in [0.29, 0.717) is 12.6 Å². The predicted octanol–water partition coefficient (Wildman–Crippen LogP) is 5.42. The van der Waals surface area contributed by atoms with E-state index in [1.54, 1.807) is 0 Å². The Morgan fingerprint density at radius 2 is 1.60 bits per heavy atom. The molecule has 0 aliphatic carbocycles. The lowest BCUT2D eigenvalue weighted by Crippen LogP contribution is -2.17. The van der Waals surface area contributed by atoms with Crippen LogP contribution in [0.4, 0.5) is 0 Å². The minimum Gasteiger partial charge on any atom is -0.489 e. The fourth-order valence-electron chi connectivity index (χ4n) is 2.84. The summed E-state index contributed by atoms with van der Waals surface area (Å²) >= 11 is 0. The largest absolute Gasteiger partial charge is 0.489 e. The molecule has 0 amide bonds. The highest BCUT2D eigenvalue weighted by atomic mass is 16.5. The standard InChI is InChI=1S/C23H25NO/c1-18-8-6-10-21(14-18)17-25-23-13-7-9-20(15-23)16-24-19(2)22-11-4-3-5-12-22/h3-15,19,24H,16-17H2,1-2H3/t19-/m1/s1. The maximum absolute atomic E-state index is 5.95. The molecule has 1 N–H and O–H groups in total. The molecule has 3 aromatic carbocycles. The number of hydrogen-bond acceptors (Lipinski definition) is 2. The van der Waals surface area contributed by atoms with Crippen LogP contribution in [0.3, 0.4) is 0 Å². The maximum Gasteiger partial charge on any atom is 0.120 e. The number of hydrogen-bond donors (Lipinski definition) is 1. The van der Waals surface area contributed by atoms with Crippen molar-refractivity contribution < 1.29 is 4.74 Å². The SMILES string of the molecule is Cc1cccc(COc2cccc(CN[C@H](C)c3ccccc3)c2)c1. The molecule has 2 nitrogen and oxygen atoms in total. The molecule has 0 aromatic heterocycles. The highest BCUT2D eigenvalue weighted by molar-refractivity contribution is 5.29. The molecule has 0 unspecified atom stereocenters. The molecule has 2 heteroatoms. The molecule has 0 aliphatic heterocycles. The first-order valence-electron chi connectivity index (χ1n) is 8.76. The normalized spacial score (nSPS) is 11.9. The van der Waals surface area contributed by atoms with Gasteiger partial charge in [-0.2, -0.15) is 0 Å². The Bertz CT molecular complexity index is 798. The lowest BCUT2D eigenvalue weighted by molar-refractivity contribution is 0.305. The number of ether oxygens (including phenoxy) is 1. The second kappa shape index (κ2) is 8.50. The van der Waals surface area contributed by atoms with E-state index >= 15 is 0 Å². The van der Waals surface area contributed by atoms with Gasteiger partial charge in [0.2, 0.25) is 0 Å². The maximum atomic E-state index is 5.95. The summed E-state index contributed by atoms with van der Waals surface area (Å²) in [5, 5.41) is 3.57. The predicted molar refractivity (Wildman–Crippen MR) is 104 cm³/mol. The van der Waals surface area contributed by atoms with Gasteiger partial charge in [0, 0.05) is 12.6 Å². The van der Waals surface area contributed by atoms with E-state index in [2.05, 4.69) is 85.9 Å². The molecule has 0 heterocycles. The number of benzene rings is 3. The molecule has 25 heavy (non-hydrogen) atoms. The van der Waals surface area contributed by atoms with E-state index in [4.69, 9.17) is 4.74 Å². The summed E-state index contributed by atoms with van der Waals surface area (Å²) in [6.45, 7) is 5.70. The van der Waals surface area contributed by atoms with Gasteiger partial charge in [0.15, 0.2) is 0 Å². The van der Waals surface area contributed by atoms with Crippen LogP contribution in [-0.4, -0.2) is 0 Å². The number of aryl methyl sites for hydroxylation is 1. The molecule has 3 rings (SSSR count). The average Bonchev–Trinajstić information content (AvgIpc) is 2.65. The summed E-state index contributed by atoms with van der Waals surface area (Å²) in [6.07, 6.45) is 0. The summed E-state index contributed by atoms with van der Waals surface area (Å²) < 4.78 is 5.95. The van der Waals surface area contributed by atoms with Crippen molar-refractivity contribution in [3.63, 3.8) is 0 Å². The minimum atomic E-state index is 0.318. The molecule has 128 valence electrons.